The average Bonchev–Trinajstić information content (AvgIpc) is 2.77. The zero-order valence-electron chi connectivity index (χ0n) is 11.1. The molecule has 94 valence electrons. The van der Waals surface area contributed by atoms with Crippen LogP contribution in [0.4, 0.5) is 0 Å². The molecule has 1 aliphatic heterocycles. The van der Waals surface area contributed by atoms with Gasteiger partial charge in [-0.05, 0) is 16.5 Å². The van der Waals surface area contributed by atoms with E-state index in [-0.39, 0.29) is 17.9 Å². The van der Waals surface area contributed by atoms with Crippen LogP contribution in [0.5, 0.6) is 0 Å². The third-order valence-electron chi connectivity index (χ3n) is 3.10. The lowest BCUT2D eigenvalue weighted by molar-refractivity contribution is 0.314. The Morgan fingerprint density at radius 1 is 1.33 bits per heavy atom. The molecule has 1 aromatic carbocycles. The molecule has 3 nitrogen and oxygen atoms in total. The minimum atomic E-state index is 0.0439. The molecule has 1 heterocycles. The minimum Gasteiger partial charge on any atom is -0.478 e. The first-order valence-electron chi connectivity index (χ1n) is 6.17. The predicted octanol–water partition coefficient (Wildman–Crippen LogP) is 3.37. The van der Waals surface area contributed by atoms with Gasteiger partial charge in [0.25, 0.3) is 0 Å². The zero-order chi connectivity index (χ0) is 13.2. The summed E-state index contributed by atoms with van der Waals surface area (Å²) in [6.45, 7) is 7.14. The van der Waals surface area contributed by atoms with Gasteiger partial charge in [-0.3, -0.25) is 0 Å². The van der Waals surface area contributed by atoms with Gasteiger partial charge in [-0.1, -0.05) is 45.0 Å². The molecule has 0 fully saturated rings. The van der Waals surface area contributed by atoms with Crippen molar-refractivity contribution in [3.05, 3.63) is 35.4 Å². The first kappa shape index (κ1) is 12.6. The number of nitriles is 1. The Balaban J connectivity index is 2.15. The summed E-state index contributed by atoms with van der Waals surface area (Å²) in [5.74, 6) is 0.558. The van der Waals surface area contributed by atoms with Gasteiger partial charge >= 0.3 is 0 Å². The Bertz CT molecular complexity index is 489. The highest BCUT2D eigenvalue weighted by Gasteiger charge is 2.21. The van der Waals surface area contributed by atoms with Crippen molar-refractivity contribution in [2.75, 3.05) is 6.61 Å². The molecule has 0 spiro atoms. The Hall–Kier alpha value is -1.82. The van der Waals surface area contributed by atoms with E-state index in [1.165, 1.54) is 5.56 Å². The molecule has 0 unspecified atom stereocenters. The van der Waals surface area contributed by atoms with Crippen molar-refractivity contribution in [1.29, 1.82) is 5.26 Å². The molecule has 18 heavy (non-hydrogen) atoms. The molecule has 3 heteroatoms. The summed E-state index contributed by atoms with van der Waals surface area (Å²) in [4.78, 5) is 4.41. The summed E-state index contributed by atoms with van der Waals surface area (Å²) >= 11 is 0. The van der Waals surface area contributed by atoms with Crippen molar-refractivity contribution in [2.45, 2.75) is 38.6 Å². The molecule has 0 saturated carbocycles. The molecule has 0 N–H and O–H groups in total. The van der Waals surface area contributed by atoms with Crippen molar-refractivity contribution in [1.82, 2.24) is 0 Å². The number of rotatable bonds is 2. The predicted molar refractivity (Wildman–Crippen MR) is 71.5 cm³/mol. The van der Waals surface area contributed by atoms with E-state index in [1.807, 2.05) is 0 Å². The van der Waals surface area contributed by atoms with Crippen LogP contribution < -0.4 is 0 Å². The molecule has 2 rings (SSSR count). The van der Waals surface area contributed by atoms with Gasteiger partial charge in [-0.2, -0.15) is 5.26 Å². The number of aliphatic imine (C=N–C) groups is 1. The van der Waals surface area contributed by atoms with Crippen molar-refractivity contribution < 1.29 is 4.74 Å². The lowest BCUT2D eigenvalue weighted by atomic mass is 9.86. The maximum atomic E-state index is 8.60. The Morgan fingerprint density at radius 3 is 2.56 bits per heavy atom. The Kier molecular flexibility index (Phi) is 3.38. The molecule has 0 aliphatic carbocycles. The summed E-state index contributed by atoms with van der Waals surface area (Å²) in [6.07, 6.45) is 0.260. The highest BCUT2D eigenvalue weighted by Crippen LogP contribution is 2.27. The fraction of sp³-hybridized carbons (Fsp3) is 0.467. The van der Waals surface area contributed by atoms with Crippen LogP contribution in [0.1, 0.15) is 44.4 Å². The van der Waals surface area contributed by atoms with Crippen molar-refractivity contribution >= 4 is 5.90 Å². The molecule has 1 aromatic rings. The lowest BCUT2D eigenvalue weighted by Gasteiger charge is -2.19. The molecular formula is C15H18N2O. The second-order valence-corrected chi connectivity index (χ2v) is 5.56. The molecule has 1 atom stereocenters. The maximum Gasteiger partial charge on any atom is 0.198 e. The number of hydrogen-bond acceptors (Lipinski definition) is 3. The van der Waals surface area contributed by atoms with E-state index >= 15 is 0 Å². The third-order valence-corrected chi connectivity index (χ3v) is 3.10. The van der Waals surface area contributed by atoms with Crippen LogP contribution in [0.2, 0.25) is 0 Å². The highest BCUT2D eigenvalue weighted by atomic mass is 16.5. The standard InChI is InChI=1S/C15H18N2O/c1-15(2,3)12-6-4-11(5-7-12)13-10-18-14(17-13)8-9-16/h4-7,13H,8,10H2,1-3H3/t13-/m0/s1. The number of nitrogens with zero attached hydrogens (tertiary/aromatic N) is 2. The van der Waals surface area contributed by atoms with E-state index in [0.717, 1.165) is 5.56 Å². The van der Waals surface area contributed by atoms with Crippen LogP contribution >= 0.6 is 0 Å². The van der Waals surface area contributed by atoms with Crippen LogP contribution in [0.3, 0.4) is 0 Å². The highest BCUT2D eigenvalue weighted by molar-refractivity contribution is 5.79. The van der Waals surface area contributed by atoms with Crippen molar-refractivity contribution in [2.24, 2.45) is 4.99 Å². The normalized spacial score (nSPS) is 19.0. The van der Waals surface area contributed by atoms with E-state index in [9.17, 15) is 0 Å². The number of hydrogen-bond donors (Lipinski definition) is 0. The van der Waals surface area contributed by atoms with Gasteiger partial charge in [-0.15, -0.1) is 0 Å². The molecule has 0 amide bonds. The smallest absolute Gasteiger partial charge is 0.198 e. The summed E-state index contributed by atoms with van der Waals surface area (Å²) in [6, 6.07) is 10.6. The first-order valence-corrected chi connectivity index (χ1v) is 6.17. The number of ether oxygens (including phenoxy) is 1. The van der Waals surface area contributed by atoms with Gasteiger partial charge in [0.05, 0.1) is 6.07 Å². The van der Waals surface area contributed by atoms with Crippen LogP contribution in [-0.2, 0) is 10.2 Å². The molecule has 0 bridgehead atoms. The summed E-state index contributed by atoms with van der Waals surface area (Å²) in [5, 5.41) is 8.60. The topological polar surface area (TPSA) is 45.4 Å². The Labute approximate surface area is 108 Å². The second-order valence-electron chi connectivity index (χ2n) is 5.56. The second kappa shape index (κ2) is 4.81. The summed E-state index contributed by atoms with van der Waals surface area (Å²) in [7, 11) is 0. The quantitative estimate of drug-likeness (QED) is 0.798. The average molecular weight is 242 g/mol. The van der Waals surface area contributed by atoms with Gasteiger partial charge in [0.2, 0.25) is 0 Å². The monoisotopic (exact) mass is 242 g/mol. The fourth-order valence-electron chi connectivity index (χ4n) is 1.96. The zero-order valence-corrected chi connectivity index (χ0v) is 11.1. The fourth-order valence-corrected chi connectivity index (χ4v) is 1.96. The van der Waals surface area contributed by atoms with Gasteiger partial charge in [-0.25, -0.2) is 4.99 Å². The lowest BCUT2D eigenvalue weighted by Crippen LogP contribution is -2.11. The van der Waals surface area contributed by atoms with Gasteiger partial charge < -0.3 is 4.74 Å². The van der Waals surface area contributed by atoms with Gasteiger partial charge in [0.15, 0.2) is 5.90 Å². The maximum absolute atomic E-state index is 8.60. The van der Waals surface area contributed by atoms with Gasteiger partial charge in [0.1, 0.15) is 19.1 Å². The largest absolute Gasteiger partial charge is 0.478 e. The van der Waals surface area contributed by atoms with Crippen LogP contribution in [0.15, 0.2) is 29.3 Å². The van der Waals surface area contributed by atoms with Crippen molar-refractivity contribution in [3.8, 4) is 6.07 Å². The van der Waals surface area contributed by atoms with Gasteiger partial charge in [0, 0.05) is 0 Å². The van der Waals surface area contributed by atoms with E-state index < -0.39 is 0 Å². The number of benzene rings is 1. The molecule has 0 saturated heterocycles. The Morgan fingerprint density at radius 2 is 2.00 bits per heavy atom. The van der Waals surface area contributed by atoms with Crippen LogP contribution in [0.25, 0.3) is 0 Å². The third kappa shape index (κ3) is 2.70. The van der Waals surface area contributed by atoms with E-state index in [0.29, 0.717) is 12.5 Å². The molecule has 0 radical (unpaired) electrons. The minimum absolute atomic E-state index is 0.0439. The molecule has 1 aliphatic rings. The van der Waals surface area contributed by atoms with Crippen LogP contribution in [0, 0.1) is 11.3 Å². The van der Waals surface area contributed by atoms with Crippen LogP contribution in [-0.4, -0.2) is 12.5 Å². The molecular weight excluding hydrogens is 224 g/mol. The summed E-state index contributed by atoms with van der Waals surface area (Å²) in [5.41, 5.74) is 2.63. The van der Waals surface area contributed by atoms with Crippen molar-refractivity contribution in [3.63, 3.8) is 0 Å². The SMILES string of the molecule is CC(C)(C)c1ccc([C@@H]2COC(CC#N)=N2)cc1. The van der Waals surface area contributed by atoms with E-state index in [1.54, 1.807) is 0 Å². The van der Waals surface area contributed by atoms with E-state index in [4.69, 9.17) is 10.00 Å². The van der Waals surface area contributed by atoms with E-state index in [2.05, 4.69) is 56.1 Å². The molecule has 0 aromatic heterocycles. The first-order chi connectivity index (χ1) is 8.50. The summed E-state index contributed by atoms with van der Waals surface area (Å²) < 4.78 is 5.39.